The number of carbonyl (C=O) groups is 1. The van der Waals surface area contributed by atoms with E-state index in [9.17, 15) is 4.79 Å². The molecule has 1 aromatic heterocycles. The molecule has 5 nitrogen and oxygen atoms in total. The number of hydrogen-bond acceptors (Lipinski definition) is 4. The van der Waals surface area contributed by atoms with Crippen LogP contribution >= 0.6 is 0 Å². The molecule has 0 aromatic carbocycles. The summed E-state index contributed by atoms with van der Waals surface area (Å²) >= 11 is 0. The molecule has 1 atom stereocenters. The van der Waals surface area contributed by atoms with Crippen LogP contribution in [0.25, 0.3) is 0 Å². The second-order valence-corrected chi connectivity index (χ2v) is 5.41. The summed E-state index contributed by atoms with van der Waals surface area (Å²) in [5, 5.41) is 0. The van der Waals surface area contributed by atoms with Gasteiger partial charge in [-0.25, -0.2) is 4.98 Å². The first-order valence-electron chi connectivity index (χ1n) is 6.85. The number of anilines is 2. The zero-order valence-corrected chi connectivity index (χ0v) is 11.8. The highest BCUT2D eigenvalue weighted by Gasteiger charge is 2.40. The topological polar surface area (TPSA) is 39.7 Å². The number of pyridine rings is 1. The maximum atomic E-state index is 12.6. The summed E-state index contributed by atoms with van der Waals surface area (Å²) in [5.41, 5.74) is 2.06. The van der Waals surface area contributed by atoms with Gasteiger partial charge in [0, 0.05) is 32.4 Å². The van der Waals surface area contributed by atoms with E-state index < -0.39 is 0 Å². The Morgan fingerprint density at radius 3 is 2.95 bits per heavy atom. The fraction of sp³-hybridized carbons (Fsp3) is 0.571. The van der Waals surface area contributed by atoms with Crippen molar-refractivity contribution in [2.45, 2.75) is 19.9 Å². The third kappa shape index (κ3) is 1.89. The highest BCUT2D eigenvalue weighted by atomic mass is 16.2. The van der Waals surface area contributed by atoms with Crippen molar-refractivity contribution in [3.8, 4) is 0 Å². The highest BCUT2D eigenvalue weighted by molar-refractivity contribution is 6.05. The van der Waals surface area contributed by atoms with Crippen molar-refractivity contribution in [3.05, 3.63) is 17.8 Å². The molecule has 19 heavy (non-hydrogen) atoms. The second-order valence-electron chi connectivity index (χ2n) is 5.41. The number of aryl methyl sites for hydroxylation is 1. The van der Waals surface area contributed by atoms with Gasteiger partial charge in [0.1, 0.15) is 6.04 Å². The average molecular weight is 260 g/mol. The summed E-state index contributed by atoms with van der Waals surface area (Å²) < 4.78 is 0. The second kappa shape index (κ2) is 4.49. The van der Waals surface area contributed by atoms with E-state index in [1.54, 1.807) is 0 Å². The molecule has 2 aliphatic heterocycles. The molecule has 3 heterocycles. The van der Waals surface area contributed by atoms with E-state index >= 15 is 0 Å². The molecule has 0 aliphatic carbocycles. The molecule has 0 unspecified atom stereocenters. The third-order valence-corrected chi connectivity index (χ3v) is 4.00. The van der Waals surface area contributed by atoms with Crippen LogP contribution in [0.2, 0.25) is 0 Å². The molecular formula is C14H20N4O. The number of amides is 1. The quantitative estimate of drug-likeness (QED) is 0.751. The van der Waals surface area contributed by atoms with Crippen LogP contribution in [0.1, 0.15) is 12.5 Å². The molecule has 1 fully saturated rings. The minimum Gasteiger partial charge on any atom is -0.340 e. The molecule has 2 aliphatic rings. The Morgan fingerprint density at radius 2 is 2.21 bits per heavy atom. The van der Waals surface area contributed by atoms with Gasteiger partial charge in [0.05, 0.1) is 5.69 Å². The van der Waals surface area contributed by atoms with Gasteiger partial charge in [0.25, 0.3) is 5.91 Å². The van der Waals surface area contributed by atoms with E-state index in [1.807, 2.05) is 24.9 Å². The summed E-state index contributed by atoms with van der Waals surface area (Å²) in [4.78, 5) is 23.5. The molecule has 1 saturated heterocycles. The van der Waals surface area contributed by atoms with Crippen LogP contribution in [0.5, 0.6) is 0 Å². The predicted molar refractivity (Wildman–Crippen MR) is 75.6 cm³/mol. The number of aromatic nitrogens is 1. The zero-order chi connectivity index (χ0) is 13.6. The summed E-state index contributed by atoms with van der Waals surface area (Å²) in [6, 6.07) is 1.99. The fourth-order valence-electron chi connectivity index (χ4n) is 2.98. The van der Waals surface area contributed by atoms with Crippen molar-refractivity contribution in [2.75, 3.05) is 43.0 Å². The summed E-state index contributed by atoms with van der Waals surface area (Å²) in [6.45, 7) is 7.36. The molecule has 0 saturated carbocycles. The molecule has 0 radical (unpaired) electrons. The molecule has 3 rings (SSSR count). The van der Waals surface area contributed by atoms with Crippen LogP contribution < -0.4 is 9.80 Å². The van der Waals surface area contributed by atoms with E-state index in [2.05, 4.69) is 27.9 Å². The molecule has 102 valence electrons. The van der Waals surface area contributed by atoms with Crippen molar-refractivity contribution < 1.29 is 4.79 Å². The third-order valence-electron chi connectivity index (χ3n) is 4.00. The first kappa shape index (κ1) is 12.4. The lowest BCUT2D eigenvalue weighted by atomic mass is 10.1. The monoisotopic (exact) mass is 260 g/mol. The number of nitrogens with zero attached hydrogens (tertiary/aromatic N) is 4. The Morgan fingerprint density at radius 1 is 1.42 bits per heavy atom. The Kier molecular flexibility index (Phi) is 2.93. The smallest absolute Gasteiger partial charge is 0.251 e. The standard InChI is InChI=1S/C14H20N4O/c1-4-17-11-7-10(2)8-15-13(11)18-6-5-16(3)9-12(18)14(17)19/h7-8,12H,4-6,9H2,1-3H3/t12-/m1/s1. The normalized spacial score (nSPS) is 23.3. The molecule has 1 aromatic rings. The van der Waals surface area contributed by atoms with Crippen molar-refractivity contribution in [2.24, 2.45) is 0 Å². The van der Waals surface area contributed by atoms with Gasteiger partial charge in [-0.15, -0.1) is 0 Å². The summed E-state index contributed by atoms with van der Waals surface area (Å²) in [7, 11) is 2.07. The van der Waals surface area contributed by atoms with Crippen molar-refractivity contribution in [1.29, 1.82) is 0 Å². The first-order chi connectivity index (χ1) is 9.11. The molecule has 0 bridgehead atoms. The van der Waals surface area contributed by atoms with Crippen molar-refractivity contribution in [3.63, 3.8) is 0 Å². The SMILES string of the molecule is CCN1C(=O)[C@H]2CN(C)CCN2c2ncc(C)cc21. The lowest BCUT2D eigenvalue weighted by Crippen LogP contribution is -2.62. The van der Waals surface area contributed by atoms with Gasteiger partial charge < -0.3 is 14.7 Å². The number of carbonyl (C=O) groups excluding carboxylic acids is 1. The molecule has 0 spiro atoms. The van der Waals surface area contributed by atoms with E-state index in [4.69, 9.17) is 0 Å². The first-order valence-corrected chi connectivity index (χ1v) is 6.85. The van der Waals surface area contributed by atoms with E-state index in [0.717, 1.165) is 36.7 Å². The fourth-order valence-corrected chi connectivity index (χ4v) is 2.98. The highest BCUT2D eigenvalue weighted by Crippen LogP contribution is 2.35. The zero-order valence-electron chi connectivity index (χ0n) is 11.8. The molecule has 1 amide bonds. The Hall–Kier alpha value is -1.62. The minimum absolute atomic E-state index is 0.0820. The Bertz CT molecular complexity index is 516. The number of likely N-dealkylation sites (N-methyl/N-ethyl adjacent to an activating group) is 2. The maximum Gasteiger partial charge on any atom is 0.251 e. The number of fused-ring (bicyclic) bond motifs is 3. The van der Waals surface area contributed by atoms with Crippen LogP contribution in [-0.2, 0) is 4.79 Å². The van der Waals surface area contributed by atoms with Gasteiger partial charge >= 0.3 is 0 Å². The van der Waals surface area contributed by atoms with Gasteiger partial charge in [-0.05, 0) is 32.5 Å². The van der Waals surface area contributed by atoms with E-state index in [1.165, 1.54) is 0 Å². The van der Waals surface area contributed by atoms with Crippen LogP contribution in [0.15, 0.2) is 12.3 Å². The summed E-state index contributed by atoms with van der Waals surface area (Å²) in [5.74, 6) is 1.17. The van der Waals surface area contributed by atoms with E-state index in [0.29, 0.717) is 6.54 Å². The van der Waals surface area contributed by atoms with Gasteiger partial charge in [-0.3, -0.25) is 4.79 Å². The Balaban J connectivity index is 2.09. The van der Waals surface area contributed by atoms with Crippen molar-refractivity contribution in [1.82, 2.24) is 9.88 Å². The Labute approximate surface area is 113 Å². The molecular weight excluding hydrogens is 240 g/mol. The van der Waals surface area contributed by atoms with Gasteiger partial charge in [-0.1, -0.05) is 0 Å². The van der Waals surface area contributed by atoms with E-state index in [-0.39, 0.29) is 11.9 Å². The predicted octanol–water partition coefficient (Wildman–Crippen LogP) is 0.877. The lowest BCUT2D eigenvalue weighted by molar-refractivity contribution is -0.121. The maximum absolute atomic E-state index is 12.6. The van der Waals surface area contributed by atoms with Crippen molar-refractivity contribution >= 4 is 17.4 Å². The summed E-state index contributed by atoms with van der Waals surface area (Å²) in [6.07, 6.45) is 1.89. The average Bonchev–Trinajstić information content (AvgIpc) is 2.39. The van der Waals surface area contributed by atoms with Gasteiger partial charge in [0.15, 0.2) is 5.82 Å². The van der Waals surface area contributed by atoms with Crippen LogP contribution in [0.4, 0.5) is 11.5 Å². The molecule has 5 heteroatoms. The number of piperazine rings is 1. The van der Waals surface area contributed by atoms with Crippen LogP contribution in [0, 0.1) is 6.92 Å². The van der Waals surface area contributed by atoms with Crippen LogP contribution in [0.3, 0.4) is 0 Å². The van der Waals surface area contributed by atoms with Gasteiger partial charge in [0.2, 0.25) is 0 Å². The van der Waals surface area contributed by atoms with Gasteiger partial charge in [-0.2, -0.15) is 0 Å². The van der Waals surface area contributed by atoms with Crippen LogP contribution in [-0.4, -0.2) is 55.1 Å². The molecule has 0 N–H and O–H groups in total. The number of rotatable bonds is 1. The minimum atomic E-state index is -0.0820. The number of hydrogen-bond donors (Lipinski definition) is 0. The largest absolute Gasteiger partial charge is 0.340 e. The lowest BCUT2D eigenvalue weighted by Gasteiger charge is -2.46.